The number of rotatable bonds is 4. The van der Waals surface area contributed by atoms with Gasteiger partial charge in [0, 0.05) is 11.1 Å². The highest BCUT2D eigenvalue weighted by molar-refractivity contribution is 6.30. The molecule has 0 saturated carbocycles. The number of hydrogen-bond acceptors (Lipinski definition) is 2. The van der Waals surface area contributed by atoms with Gasteiger partial charge in [-0.2, -0.15) is 0 Å². The Morgan fingerprint density at radius 1 is 1.35 bits per heavy atom. The van der Waals surface area contributed by atoms with Gasteiger partial charge in [0.05, 0.1) is 0 Å². The molecule has 2 nitrogen and oxygen atoms in total. The molecule has 1 heterocycles. The molecule has 17 heavy (non-hydrogen) atoms. The highest BCUT2D eigenvalue weighted by Gasteiger charge is 2.33. The van der Waals surface area contributed by atoms with Crippen molar-refractivity contribution in [3.63, 3.8) is 0 Å². The highest BCUT2D eigenvalue weighted by atomic mass is 35.5. The maximum absolute atomic E-state index is 5.95. The monoisotopic (exact) mass is 252 g/mol. The van der Waals surface area contributed by atoms with Crippen molar-refractivity contribution >= 4 is 11.6 Å². The number of nitrogens with two attached hydrogens (primary N) is 1. The molecular formula is C14H21ClN2. The predicted molar refractivity (Wildman–Crippen MR) is 73.2 cm³/mol. The smallest absolute Gasteiger partial charge is 0.0406 e. The van der Waals surface area contributed by atoms with Crippen LogP contribution in [0, 0.1) is 5.92 Å². The summed E-state index contributed by atoms with van der Waals surface area (Å²) in [5.74, 6) is 0.586. The lowest BCUT2D eigenvalue weighted by Crippen LogP contribution is -2.28. The van der Waals surface area contributed by atoms with Gasteiger partial charge in [0.2, 0.25) is 0 Å². The Morgan fingerprint density at radius 3 is 2.65 bits per heavy atom. The summed E-state index contributed by atoms with van der Waals surface area (Å²) in [7, 11) is 0. The lowest BCUT2D eigenvalue weighted by molar-refractivity contribution is 0.230. The van der Waals surface area contributed by atoms with Gasteiger partial charge in [0.15, 0.2) is 0 Å². The number of likely N-dealkylation sites (tertiary alicyclic amines) is 1. The number of halogens is 1. The van der Waals surface area contributed by atoms with E-state index in [4.69, 9.17) is 17.3 Å². The van der Waals surface area contributed by atoms with Crippen LogP contribution in [0.4, 0.5) is 0 Å². The first-order valence-electron chi connectivity index (χ1n) is 6.45. The zero-order valence-electron chi connectivity index (χ0n) is 10.4. The van der Waals surface area contributed by atoms with Crippen molar-refractivity contribution in [2.45, 2.75) is 25.8 Å². The summed E-state index contributed by atoms with van der Waals surface area (Å²) in [6, 6.07) is 8.73. The van der Waals surface area contributed by atoms with Crippen molar-refractivity contribution in [1.29, 1.82) is 0 Å². The molecule has 0 bridgehead atoms. The zero-order valence-corrected chi connectivity index (χ0v) is 11.2. The summed E-state index contributed by atoms with van der Waals surface area (Å²) < 4.78 is 0. The van der Waals surface area contributed by atoms with Crippen molar-refractivity contribution in [1.82, 2.24) is 4.90 Å². The summed E-state index contributed by atoms with van der Waals surface area (Å²) in [5.41, 5.74) is 7.25. The summed E-state index contributed by atoms with van der Waals surface area (Å²) in [6.45, 7) is 5.33. The van der Waals surface area contributed by atoms with Gasteiger partial charge in [-0.15, -0.1) is 0 Å². The van der Waals surface area contributed by atoms with Crippen LogP contribution in [0.5, 0.6) is 0 Å². The molecule has 2 atom stereocenters. The summed E-state index contributed by atoms with van der Waals surface area (Å²) in [5, 5.41) is 0.804. The zero-order chi connectivity index (χ0) is 12.3. The van der Waals surface area contributed by atoms with Crippen molar-refractivity contribution in [2.75, 3.05) is 19.6 Å². The van der Waals surface area contributed by atoms with E-state index >= 15 is 0 Å². The second kappa shape index (κ2) is 5.85. The topological polar surface area (TPSA) is 29.3 Å². The quantitative estimate of drug-likeness (QED) is 0.893. The molecule has 2 unspecified atom stereocenters. The van der Waals surface area contributed by atoms with Gasteiger partial charge in [-0.05, 0) is 56.1 Å². The summed E-state index contributed by atoms with van der Waals surface area (Å²) >= 11 is 5.95. The molecule has 94 valence electrons. The molecule has 0 radical (unpaired) electrons. The molecule has 0 aliphatic carbocycles. The lowest BCUT2D eigenvalue weighted by atomic mass is 9.94. The second-order valence-corrected chi connectivity index (χ2v) is 5.25. The second-order valence-electron chi connectivity index (χ2n) is 4.82. The Balaban J connectivity index is 2.21. The molecule has 0 amide bonds. The molecule has 1 fully saturated rings. The van der Waals surface area contributed by atoms with Crippen molar-refractivity contribution in [2.24, 2.45) is 11.7 Å². The number of benzene rings is 1. The third-order valence-electron chi connectivity index (χ3n) is 3.65. The lowest BCUT2D eigenvalue weighted by Gasteiger charge is -2.28. The van der Waals surface area contributed by atoms with Crippen LogP contribution in [0.1, 0.15) is 31.4 Å². The maximum Gasteiger partial charge on any atom is 0.0406 e. The SMILES string of the molecule is CCCN1CCC(CN)C1c1ccc(Cl)cc1. The summed E-state index contributed by atoms with van der Waals surface area (Å²) in [6.07, 6.45) is 2.41. The Bertz CT molecular complexity index is 350. The van der Waals surface area contributed by atoms with Gasteiger partial charge in [-0.3, -0.25) is 4.90 Å². The van der Waals surface area contributed by atoms with E-state index in [2.05, 4.69) is 24.0 Å². The van der Waals surface area contributed by atoms with E-state index in [1.54, 1.807) is 0 Å². The Hall–Kier alpha value is -0.570. The van der Waals surface area contributed by atoms with Crippen LogP contribution in [-0.2, 0) is 0 Å². The molecule has 1 saturated heterocycles. The molecule has 3 heteroatoms. The average Bonchev–Trinajstić information content (AvgIpc) is 2.74. The van der Waals surface area contributed by atoms with E-state index < -0.39 is 0 Å². The van der Waals surface area contributed by atoms with E-state index in [-0.39, 0.29) is 0 Å². The molecular weight excluding hydrogens is 232 g/mol. The first-order valence-corrected chi connectivity index (χ1v) is 6.83. The Labute approximate surface area is 109 Å². The maximum atomic E-state index is 5.95. The standard InChI is InChI=1S/C14H21ClN2/c1-2-8-17-9-7-12(10-16)14(17)11-3-5-13(15)6-4-11/h3-6,12,14H,2,7-10,16H2,1H3. The van der Waals surface area contributed by atoms with Gasteiger partial charge >= 0.3 is 0 Å². The Kier molecular flexibility index (Phi) is 4.43. The molecule has 0 spiro atoms. The van der Waals surface area contributed by atoms with Crippen LogP contribution < -0.4 is 5.73 Å². The van der Waals surface area contributed by atoms with E-state index in [0.717, 1.165) is 18.1 Å². The fourth-order valence-corrected chi connectivity index (χ4v) is 2.98. The number of nitrogens with zero attached hydrogens (tertiary/aromatic N) is 1. The largest absolute Gasteiger partial charge is 0.330 e. The fourth-order valence-electron chi connectivity index (χ4n) is 2.85. The fraction of sp³-hybridized carbons (Fsp3) is 0.571. The van der Waals surface area contributed by atoms with Crippen molar-refractivity contribution < 1.29 is 0 Å². The predicted octanol–water partition coefficient (Wildman–Crippen LogP) is 3.07. The van der Waals surface area contributed by atoms with Crippen molar-refractivity contribution in [3.05, 3.63) is 34.9 Å². The van der Waals surface area contributed by atoms with Crippen LogP contribution in [0.2, 0.25) is 5.02 Å². The Morgan fingerprint density at radius 2 is 2.06 bits per heavy atom. The van der Waals surface area contributed by atoms with Gasteiger partial charge in [0.25, 0.3) is 0 Å². The van der Waals surface area contributed by atoms with Crippen LogP contribution in [-0.4, -0.2) is 24.5 Å². The minimum Gasteiger partial charge on any atom is -0.330 e. The van der Waals surface area contributed by atoms with Gasteiger partial charge < -0.3 is 5.73 Å². The van der Waals surface area contributed by atoms with Crippen LogP contribution >= 0.6 is 11.6 Å². The van der Waals surface area contributed by atoms with Crippen molar-refractivity contribution in [3.8, 4) is 0 Å². The highest BCUT2D eigenvalue weighted by Crippen LogP contribution is 2.36. The molecule has 2 N–H and O–H groups in total. The molecule has 1 aromatic rings. The molecule has 1 aliphatic heterocycles. The van der Waals surface area contributed by atoms with E-state index in [1.165, 1.54) is 24.9 Å². The van der Waals surface area contributed by atoms with E-state index in [1.807, 2.05) is 12.1 Å². The van der Waals surface area contributed by atoms with Gasteiger partial charge in [-0.25, -0.2) is 0 Å². The van der Waals surface area contributed by atoms with E-state index in [9.17, 15) is 0 Å². The molecule has 1 aliphatic rings. The number of hydrogen-bond donors (Lipinski definition) is 1. The molecule has 2 rings (SSSR count). The van der Waals surface area contributed by atoms with Crippen LogP contribution in [0.15, 0.2) is 24.3 Å². The van der Waals surface area contributed by atoms with Gasteiger partial charge in [-0.1, -0.05) is 30.7 Å². The molecule has 1 aromatic carbocycles. The van der Waals surface area contributed by atoms with Crippen LogP contribution in [0.25, 0.3) is 0 Å². The average molecular weight is 253 g/mol. The van der Waals surface area contributed by atoms with E-state index in [0.29, 0.717) is 12.0 Å². The first-order chi connectivity index (χ1) is 8.26. The minimum atomic E-state index is 0.484. The third kappa shape index (κ3) is 2.82. The first kappa shape index (κ1) is 12.9. The third-order valence-corrected chi connectivity index (χ3v) is 3.90. The van der Waals surface area contributed by atoms with Gasteiger partial charge in [0.1, 0.15) is 0 Å². The summed E-state index contributed by atoms with van der Waals surface area (Å²) in [4.78, 5) is 2.56. The van der Waals surface area contributed by atoms with Crippen LogP contribution in [0.3, 0.4) is 0 Å². The minimum absolute atomic E-state index is 0.484. The normalized spacial score (nSPS) is 25.4. The molecule has 0 aromatic heterocycles.